The zero-order valence-electron chi connectivity index (χ0n) is 10.9. The summed E-state index contributed by atoms with van der Waals surface area (Å²) in [5.74, 6) is 0. The fraction of sp³-hybridized carbons (Fsp3) is 0.267. The molecule has 0 aliphatic carbocycles. The minimum atomic E-state index is 0.195. The van der Waals surface area contributed by atoms with Crippen molar-refractivity contribution in [3.05, 3.63) is 59.4 Å². The third-order valence-electron chi connectivity index (χ3n) is 3.13. The van der Waals surface area contributed by atoms with Gasteiger partial charge in [0, 0.05) is 29.7 Å². The van der Waals surface area contributed by atoms with Crippen molar-refractivity contribution < 1.29 is 0 Å². The van der Waals surface area contributed by atoms with Gasteiger partial charge in [-0.1, -0.05) is 29.8 Å². The number of aryl methyl sites for hydroxylation is 1. The lowest BCUT2D eigenvalue weighted by molar-refractivity contribution is 0.591. The average Bonchev–Trinajstić information content (AvgIpc) is 2.37. The minimum Gasteiger partial charge on any atom is -0.398 e. The second-order valence-electron chi connectivity index (χ2n) is 4.54. The smallest absolute Gasteiger partial charge is 0.0394 e. The van der Waals surface area contributed by atoms with Crippen LogP contribution in [0, 0.1) is 6.92 Å². The molecule has 3 nitrogen and oxygen atoms in total. The van der Waals surface area contributed by atoms with E-state index in [9.17, 15) is 0 Å². The number of hydrogen-bond donors (Lipinski definition) is 2. The van der Waals surface area contributed by atoms with Gasteiger partial charge in [0.15, 0.2) is 0 Å². The molecule has 0 aliphatic rings. The molecule has 0 spiro atoms. The first-order valence-electron chi connectivity index (χ1n) is 6.13. The maximum atomic E-state index is 6.00. The lowest BCUT2D eigenvalue weighted by atomic mass is 9.98. The van der Waals surface area contributed by atoms with Crippen LogP contribution in [-0.2, 0) is 6.42 Å². The quantitative estimate of drug-likeness (QED) is 0.864. The van der Waals surface area contributed by atoms with Crippen molar-refractivity contribution in [3.8, 4) is 0 Å². The van der Waals surface area contributed by atoms with E-state index >= 15 is 0 Å². The van der Waals surface area contributed by atoms with Crippen molar-refractivity contribution in [2.75, 3.05) is 12.8 Å². The minimum absolute atomic E-state index is 0.195. The molecule has 3 N–H and O–H groups in total. The predicted octanol–water partition coefficient (Wildman–Crippen LogP) is 2.48. The van der Waals surface area contributed by atoms with Gasteiger partial charge in [-0.25, -0.2) is 0 Å². The molecule has 1 aromatic heterocycles. The van der Waals surface area contributed by atoms with Crippen LogP contribution in [0.1, 0.15) is 22.7 Å². The number of rotatable bonds is 4. The van der Waals surface area contributed by atoms with E-state index in [0.29, 0.717) is 0 Å². The Balaban J connectivity index is 2.23. The van der Waals surface area contributed by atoms with E-state index in [1.54, 1.807) is 6.20 Å². The fourth-order valence-electron chi connectivity index (χ4n) is 2.15. The van der Waals surface area contributed by atoms with Gasteiger partial charge in [-0.3, -0.25) is 4.98 Å². The van der Waals surface area contributed by atoms with E-state index in [4.69, 9.17) is 5.73 Å². The van der Waals surface area contributed by atoms with Crippen molar-refractivity contribution in [2.24, 2.45) is 0 Å². The first-order chi connectivity index (χ1) is 8.70. The number of nitrogen functional groups attached to an aromatic ring is 1. The number of hydrogen-bond acceptors (Lipinski definition) is 3. The summed E-state index contributed by atoms with van der Waals surface area (Å²) < 4.78 is 0. The molecule has 0 fully saturated rings. The number of nitrogens with one attached hydrogen (secondary N) is 1. The van der Waals surface area contributed by atoms with E-state index in [0.717, 1.165) is 17.7 Å². The number of anilines is 1. The normalized spacial score (nSPS) is 12.3. The molecule has 0 saturated heterocycles. The summed E-state index contributed by atoms with van der Waals surface area (Å²) in [4.78, 5) is 4.15. The van der Waals surface area contributed by atoms with Gasteiger partial charge in [0.2, 0.25) is 0 Å². The second-order valence-corrected chi connectivity index (χ2v) is 4.54. The van der Waals surface area contributed by atoms with E-state index in [1.807, 2.05) is 19.3 Å². The zero-order chi connectivity index (χ0) is 13.0. The van der Waals surface area contributed by atoms with E-state index in [-0.39, 0.29) is 6.04 Å². The molecule has 0 radical (unpaired) electrons. The number of pyridine rings is 1. The molecule has 0 aliphatic heterocycles. The summed E-state index contributed by atoms with van der Waals surface area (Å²) in [5, 5.41) is 3.31. The van der Waals surface area contributed by atoms with Crippen molar-refractivity contribution in [1.29, 1.82) is 0 Å². The Bertz CT molecular complexity index is 523. The summed E-state index contributed by atoms with van der Waals surface area (Å²) in [6.07, 6.45) is 4.47. The van der Waals surface area contributed by atoms with Crippen LogP contribution >= 0.6 is 0 Å². The number of benzene rings is 1. The summed E-state index contributed by atoms with van der Waals surface area (Å²) in [6.45, 7) is 2.11. The zero-order valence-corrected chi connectivity index (χ0v) is 10.9. The lowest BCUT2D eigenvalue weighted by Gasteiger charge is -2.18. The molecule has 1 heterocycles. The van der Waals surface area contributed by atoms with Crippen molar-refractivity contribution >= 4 is 5.69 Å². The van der Waals surface area contributed by atoms with Gasteiger partial charge < -0.3 is 11.1 Å². The van der Waals surface area contributed by atoms with Crippen LogP contribution in [0.5, 0.6) is 0 Å². The van der Waals surface area contributed by atoms with Crippen LogP contribution in [0.4, 0.5) is 5.69 Å². The van der Waals surface area contributed by atoms with E-state index in [2.05, 4.69) is 41.5 Å². The van der Waals surface area contributed by atoms with Gasteiger partial charge in [0.25, 0.3) is 0 Å². The van der Waals surface area contributed by atoms with Gasteiger partial charge in [-0.15, -0.1) is 0 Å². The Kier molecular flexibility index (Phi) is 3.95. The summed E-state index contributed by atoms with van der Waals surface area (Å²) >= 11 is 0. The molecule has 1 unspecified atom stereocenters. The highest BCUT2D eigenvalue weighted by atomic mass is 14.9. The Morgan fingerprint density at radius 3 is 2.83 bits per heavy atom. The SMILES string of the molecule is CNC(Cc1cccc(C)c1)c1cnccc1N. The fourth-order valence-corrected chi connectivity index (χ4v) is 2.15. The standard InChI is InChI=1S/C15H19N3/c1-11-4-3-5-12(8-11)9-15(17-2)13-10-18-7-6-14(13)16/h3-8,10,15,17H,9H2,1-2H3,(H2,16,18). The third kappa shape index (κ3) is 2.87. The number of likely N-dealkylation sites (N-methyl/N-ethyl adjacent to an activating group) is 1. The summed E-state index contributed by atoms with van der Waals surface area (Å²) in [6, 6.07) is 10.6. The van der Waals surface area contributed by atoms with Gasteiger partial charge in [0.05, 0.1) is 0 Å². The van der Waals surface area contributed by atoms with Crippen molar-refractivity contribution in [3.63, 3.8) is 0 Å². The number of aromatic nitrogens is 1. The van der Waals surface area contributed by atoms with Gasteiger partial charge >= 0.3 is 0 Å². The highest BCUT2D eigenvalue weighted by Gasteiger charge is 2.13. The molecule has 1 aromatic carbocycles. The van der Waals surface area contributed by atoms with Crippen LogP contribution in [0.25, 0.3) is 0 Å². The number of nitrogens with two attached hydrogens (primary N) is 1. The van der Waals surface area contributed by atoms with Crippen LogP contribution in [0.2, 0.25) is 0 Å². The molecule has 2 aromatic rings. The molecule has 3 heteroatoms. The largest absolute Gasteiger partial charge is 0.398 e. The van der Waals surface area contributed by atoms with Crippen LogP contribution in [0.15, 0.2) is 42.7 Å². The number of nitrogens with zero attached hydrogens (tertiary/aromatic N) is 1. The summed E-state index contributed by atoms with van der Waals surface area (Å²) in [7, 11) is 1.95. The Hall–Kier alpha value is -1.87. The van der Waals surface area contributed by atoms with E-state index in [1.165, 1.54) is 11.1 Å². The molecular weight excluding hydrogens is 222 g/mol. The monoisotopic (exact) mass is 241 g/mol. The topological polar surface area (TPSA) is 50.9 Å². The average molecular weight is 241 g/mol. The first-order valence-corrected chi connectivity index (χ1v) is 6.13. The van der Waals surface area contributed by atoms with Crippen LogP contribution < -0.4 is 11.1 Å². The maximum Gasteiger partial charge on any atom is 0.0394 e. The maximum absolute atomic E-state index is 6.00. The third-order valence-corrected chi connectivity index (χ3v) is 3.13. The summed E-state index contributed by atoms with van der Waals surface area (Å²) in [5.41, 5.74) is 10.4. The highest BCUT2D eigenvalue weighted by molar-refractivity contribution is 5.46. The predicted molar refractivity (Wildman–Crippen MR) is 75.3 cm³/mol. The highest BCUT2D eigenvalue weighted by Crippen LogP contribution is 2.22. The molecule has 94 valence electrons. The van der Waals surface area contributed by atoms with Crippen molar-refractivity contribution in [2.45, 2.75) is 19.4 Å². The van der Waals surface area contributed by atoms with Crippen LogP contribution in [-0.4, -0.2) is 12.0 Å². The van der Waals surface area contributed by atoms with Gasteiger partial charge in [-0.05, 0) is 32.0 Å². The molecule has 0 bridgehead atoms. The molecule has 18 heavy (non-hydrogen) atoms. The molecule has 2 rings (SSSR count). The molecule has 1 atom stereocenters. The van der Waals surface area contributed by atoms with E-state index < -0.39 is 0 Å². The molecule has 0 amide bonds. The van der Waals surface area contributed by atoms with Crippen LogP contribution in [0.3, 0.4) is 0 Å². The van der Waals surface area contributed by atoms with Crippen molar-refractivity contribution in [1.82, 2.24) is 10.3 Å². The molecular formula is C15H19N3. The Morgan fingerprint density at radius 1 is 1.33 bits per heavy atom. The second kappa shape index (κ2) is 5.65. The first kappa shape index (κ1) is 12.6. The Labute approximate surface area is 108 Å². The van der Waals surface area contributed by atoms with Gasteiger partial charge in [-0.2, -0.15) is 0 Å². The Morgan fingerprint density at radius 2 is 2.17 bits per heavy atom. The lowest BCUT2D eigenvalue weighted by Crippen LogP contribution is -2.20. The van der Waals surface area contributed by atoms with Gasteiger partial charge in [0.1, 0.15) is 0 Å². The molecule has 0 saturated carbocycles.